The number of carbonyl (C=O) groups is 1. The van der Waals surface area contributed by atoms with Crippen LogP contribution in [0.5, 0.6) is 0 Å². The van der Waals surface area contributed by atoms with E-state index in [1.54, 1.807) is 0 Å². The zero-order valence-corrected chi connectivity index (χ0v) is 15.0. The van der Waals surface area contributed by atoms with Crippen molar-refractivity contribution in [2.75, 3.05) is 46.4 Å². The number of amides is 2. The first kappa shape index (κ1) is 17.5. The fourth-order valence-corrected chi connectivity index (χ4v) is 3.73. The highest BCUT2D eigenvalue weighted by Crippen LogP contribution is 2.20. The number of urea groups is 1. The van der Waals surface area contributed by atoms with E-state index in [0.29, 0.717) is 26.3 Å². The number of benzene rings is 1. The number of hydrogen-bond acceptors (Lipinski definition) is 3. The third kappa shape index (κ3) is 4.41. The van der Waals surface area contributed by atoms with Crippen LogP contribution in [0.15, 0.2) is 24.3 Å². The smallest absolute Gasteiger partial charge is 0.320 e. The first-order chi connectivity index (χ1) is 11.6. The van der Waals surface area contributed by atoms with Gasteiger partial charge in [-0.2, -0.15) is 0 Å². The average Bonchev–Trinajstić information content (AvgIpc) is 2.61. The van der Waals surface area contributed by atoms with E-state index in [0.717, 1.165) is 37.5 Å². The fourth-order valence-electron chi connectivity index (χ4n) is 3.52. The Morgan fingerprint density at radius 2 is 2.12 bits per heavy atom. The van der Waals surface area contributed by atoms with E-state index < -0.39 is 0 Å². The molecule has 1 aromatic rings. The Hall–Kier alpha value is -1.30. The van der Waals surface area contributed by atoms with Crippen molar-refractivity contribution in [3.63, 3.8) is 0 Å². The Morgan fingerprint density at radius 3 is 2.88 bits per heavy atom. The number of halogens is 1. The normalized spacial score (nSPS) is 22.4. The molecule has 0 N–H and O–H groups in total. The summed E-state index contributed by atoms with van der Waals surface area (Å²) in [6.45, 7) is 5.55. The van der Waals surface area contributed by atoms with Crippen molar-refractivity contribution in [1.82, 2.24) is 14.7 Å². The average molecular weight is 352 g/mol. The molecule has 0 radical (unpaired) electrons. The highest BCUT2D eigenvalue weighted by atomic mass is 35.5. The van der Waals surface area contributed by atoms with Crippen LogP contribution in [-0.2, 0) is 11.3 Å². The van der Waals surface area contributed by atoms with Crippen LogP contribution in [-0.4, -0.2) is 73.2 Å². The number of nitrogens with zero attached hydrogens (tertiary/aromatic N) is 3. The molecule has 0 spiro atoms. The predicted molar refractivity (Wildman–Crippen MR) is 95.3 cm³/mol. The van der Waals surface area contributed by atoms with Crippen LogP contribution in [0.1, 0.15) is 18.4 Å². The lowest BCUT2D eigenvalue weighted by Gasteiger charge is -2.40. The molecular formula is C18H26ClN3O2. The molecule has 2 aliphatic rings. The number of rotatable bonds is 3. The van der Waals surface area contributed by atoms with Gasteiger partial charge in [-0.05, 0) is 37.1 Å². The van der Waals surface area contributed by atoms with E-state index in [1.807, 2.05) is 35.0 Å². The van der Waals surface area contributed by atoms with Gasteiger partial charge in [-0.25, -0.2) is 4.79 Å². The minimum absolute atomic E-state index is 0.132. The largest absolute Gasteiger partial charge is 0.378 e. The lowest BCUT2D eigenvalue weighted by atomic mass is 10.0. The number of ether oxygens (including phenoxy) is 1. The molecule has 3 rings (SSSR count). The van der Waals surface area contributed by atoms with Gasteiger partial charge in [-0.3, -0.25) is 4.90 Å². The monoisotopic (exact) mass is 351 g/mol. The molecule has 0 saturated carbocycles. The lowest BCUT2D eigenvalue weighted by Crippen LogP contribution is -2.54. The van der Waals surface area contributed by atoms with E-state index in [-0.39, 0.29) is 12.1 Å². The molecular weight excluding hydrogens is 326 g/mol. The summed E-state index contributed by atoms with van der Waals surface area (Å²) in [5.41, 5.74) is 1.23. The summed E-state index contributed by atoms with van der Waals surface area (Å²) >= 11 is 6.08. The van der Waals surface area contributed by atoms with Gasteiger partial charge in [-0.1, -0.05) is 23.7 Å². The molecule has 2 aliphatic heterocycles. The maximum Gasteiger partial charge on any atom is 0.320 e. The maximum atomic E-state index is 12.7. The number of carbonyl (C=O) groups excluding carboxylic acids is 1. The van der Waals surface area contributed by atoms with E-state index in [2.05, 4.69) is 11.0 Å². The van der Waals surface area contributed by atoms with Gasteiger partial charge < -0.3 is 14.5 Å². The van der Waals surface area contributed by atoms with Gasteiger partial charge >= 0.3 is 6.03 Å². The summed E-state index contributed by atoms with van der Waals surface area (Å²) < 4.78 is 5.34. The van der Waals surface area contributed by atoms with Crippen molar-refractivity contribution in [2.24, 2.45) is 0 Å². The lowest BCUT2D eigenvalue weighted by molar-refractivity contribution is 0.0365. The van der Waals surface area contributed by atoms with E-state index in [9.17, 15) is 4.79 Å². The molecule has 24 heavy (non-hydrogen) atoms. The highest BCUT2D eigenvalue weighted by Gasteiger charge is 2.29. The second-order valence-electron chi connectivity index (χ2n) is 6.65. The third-order valence-corrected chi connectivity index (χ3v) is 5.14. The molecule has 2 amide bonds. The standard InChI is InChI=1S/C18H26ClN3O2/c1-20(18(23)22-8-10-24-11-9-22)17-6-3-7-21(14-17)13-15-4-2-5-16(19)12-15/h2,4-5,12,17H,3,6-11,13-14H2,1H3. The SMILES string of the molecule is CN(C(=O)N1CCOCC1)C1CCCN(Cc2cccc(Cl)c2)C1. The number of likely N-dealkylation sites (tertiary alicyclic amines) is 1. The fraction of sp³-hybridized carbons (Fsp3) is 0.611. The van der Waals surface area contributed by atoms with Gasteiger partial charge in [0.1, 0.15) is 0 Å². The van der Waals surface area contributed by atoms with Crippen LogP contribution in [0, 0.1) is 0 Å². The first-order valence-corrected chi connectivity index (χ1v) is 9.07. The second-order valence-corrected chi connectivity index (χ2v) is 7.09. The summed E-state index contributed by atoms with van der Waals surface area (Å²) in [6, 6.07) is 8.43. The molecule has 0 aliphatic carbocycles. The third-order valence-electron chi connectivity index (χ3n) is 4.91. The predicted octanol–water partition coefficient (Wildman–Crippen LogP) is 2.69. The number of likely N-dealkylation sites (N-methyl/N-ethyl adjacent to an activating group) is 1. The molecule has 1 atom stereocenters. The van der Waals surface area contributed by atoms with Crippen LogP contribution in [0.25, 0.3) is 0 Å². The molecule has 2 saturated heterocycles. The molecule has 132 valence electrons. The van der Waals surface area contributed by atoms with Gasteiger partial charge in [0, 0.05) is 44.3 Å². The maximum absolute atomic E-state index is 12.7. The van der Waals surface area contributed by atoms with E-state index in [4.69, 9.17) is 16.3 Å². The molecule has 2 heterocycles. The van der Waals surface area contributed by atoms with Gasteiger partial charge in [0.2, 0.25) is 0 Å². The van der Waals surface area contributed by atoms with Crippen molar-refractivity contribution in [2.45, 2.75) is 25.4 Å². The summed E-state index contributed by atoms with van der Waals surface area (Å²) in [5.74, 6) is 0. The Balaban J connectivity index is 1.57. The molecule has 1 aromatic carbocycles. The van der Waals surface area contributed by atoms with Gasteiger partial charge in [0.15, 0.2) is 0 Å². The van der Waals surface area contributed by atoms with E-state index in [1.165, 1.54) is 5.56 Å². The molecule has 6 heteroatoms. The zero-order chi connectivity index (χ0) is 16.9. The summed E-state index contributed by atoms with van der Waals surface area (Å²) in [5, 5.41) is 0.778. The molecule has 0 aromatic heterocycles. The van der Waals surface area contributed by atoms with Crippen LogP contribution in [0.3, 0.4) is 0 Å². The topological polar surface area (TPSA) is 36.0 Å². The van der Waals surface area contributed by atoms with Gasteiger partial charge in [0.05, 0.1) is 13.2 Å². The van der Waals surface area contributed by atoms with Crippen molar-refractivity contribution in [1.29, 1.82) is 0 Å². The summed E-state index contributed by atoms with van der Waals surface area (Å²) in [7, 11) is 1.94. The number of piperidine rings is 1. The van der Waals surface area contributed by atoms with Crippen molar-refractivity contribution < 1.29 is 9.53 Å². The highest BCUT2D eigenvalue weighted by molar-refractivity contribution is 6.30. The minimum Gasteiger partial charge on any atom is -0.378 e. The van der Waals surface area contributed by atoms with Gasteiger partial charge in [0.25, 0.3) is 0 Å². The van der Waals surface area contributed by atoms with Crippen LogP contribution in [0.2, 0.25) is 5.02 Å². The van der Waals surface area contributed by atoms with Crippen molar-refractivity contribution in [3.05, 3.63) is 34.9 Å². The van der Waals surface area contributed by atoms with Crippen molar-refractivity contribution in [3.8, 4) is 0 Å². The Kier molecular flexibility index (Phi) is 5.98. The number of hydrogen-bond donors (Lipinski definition) is 0. The summed E-state index contributed by atoms with van der Waals surface area (Å²) in [6.07, 6.45) is 2.19. The Morgan fingerprint density at radius 1 is 1.33 bits per heavy atom. The Labute approximate surface area is 149 Å². The van der Waals surface area contributed by atoms with Gasteiger partial charge in [-0.15, -0.1) is 0 Å². The van der Waals surface area contributed by atoms with Crippen LogP contribution in [0.4, 0.5) is 4.79 Å². The summed E-state index contributed by atoms with van der Waals surface area (Å²) in [4.78, 5) is 18.9. The molecule has 1 unspecified atom stereocenters. The van der Waals surface area contributed by atoms with E-state index >= 15 is 0 Å². The first-order valence-electron chi connectivity index (χ1n) is 8.70. The molecule has 2 fully saturated rings. The van der Waals surface area contributed by atoms with Crippen LogP contribution < -0.4 is 0 Å². The van der Waals surface area contributed by atoms with Crippen LogP contribution >= 0.6 is 11.6 Å². The minimum atomic E-state index is 0.132. The second kappa shape index (κ2) is 8.19. The van der Waals surface area contributed by atoms with Crippen molar-refractivity contribution >= 4 is 17.6 Å². The quantitative estimate of drug-likeness (QED) is 0.840. The Bertz CT molecular complexity index is 563. The molecule has 5 nitrogen and oxygen atoms in total. The zero-order valence-electron chi connectivity index (χ0n) is 14.3. The number of morpholine rings is 1. The molecule has 0 bridgehead atoms.